The molecule has 1 rings (SSSR count). The molecule has 5 heteroatoms. The fourth-order valence-electron chi connectivity index (χ4n) is 1.03. The Hall–Kier alpha value is -1.59. The van der Waals surface area contributed by atoms with Crippen molar-refractivity contribution in [3.05, 3.63) is 29.8 Å². The zero-order chi connectivity index (χ0) is 10.4. The van der Waals surface area contributed by atoms with Crippen LogP contribution in [-0.4, -0.2) is 19.1 Å². The molecule has 1 aromatic carbocycles. The van der Waals surface area contributed by atoms with E-state index in [1.807, 2.05) is 5.43 Å². The monoisotopic (exact) mass is 195 g/mol. The zero-order valence-corrected chi connectivity index (χ0v) is 7.69. The third-order valence-corrected chi connectivity index (χ3v) is 1.64. The van der Waals surface area contributed by atoms with Crippen LogP contribution in [-0.2, 0) is 0 Å². The van der Waals surface area contributed by atoms with Crippen molar-refractivity contribution >= 4 is 5.91 Å². The second kappa shape index (κ2) is 5.21. The third-order valence-electron chi connectivity index (χ3n) is 1.64. The second-order valence-corrected chi connectivity index (χ2v) is 2.61. The van der Waals surface area contributed by atoms with Crippen LogP contribution in [0, 0.1) is 0 Å². The molecule has 76 valence electrons. The van der Waals surface area contributed by atoms with Gasteiger partial charge in [0.15, 0.2) is 0 Å². The predicted molar refractivity (Wildman–Crippen MR) is 52.6 cm³/mol. The molecule has 1 amide bonds. The van der Waals surface area contributed by atoms with Crippen molar-refractivity contribution in [2.75, 3.05) is 13.2 Å². The third kappa shape index (κ3) is 2.45. The number of para-hydroxylation sites is 1. The van der Waals surface area contributed by atoms with Crippen molar-refractivity contribution in [3.8, 4) is 5.75 Å². The van der Waals surface area contributed by atoms with Crippen molar-refractivity contribution in [1.82, 2.24) is 5.43 Å². The minimum atomic E-state index is -0.377. The maximum Gasteiger partial charge on any atom is 0.268 e. The number of ether oxygens (including phenoxy) is 1. The normalized spacial score (nSPS) is 9.57. The lowest BCUT2D eigenvalue weighted by Gasteiger charge is -2.08. The molecule has 1 aromatic rings. The van der Waals surface area contributed by atoms with Gasteiger partial charge in [0.1, 0.15) is 12.4 Å². The van der Waals surface area contributed by atoms with Gasteiger partial charge in [0.2, 0.25) is 0 Å². The first-order valence-electron chi connectivity index (χ1n) is 4.22. The highest BCUT2D eigenvalue weighted by Crippen LogP contribution is 2.16. The molecule has 0 spiro atoms. The largest absolute Gasteiger partial charge is 0.491 e. The number of hydrazine groups is 1. The van der Waals surface area contributed by atoms with Gasteiger partial charge in [-0.1, -0.05) is 12.1 Å². The second-order valence-electron chi connectivity index (χ2n) is 2.61. The number of benzene rings is 1. The van der Waals surface area contributed by atoms with E-state index in [0.29, 0.717) is 24.5 Å². The van der Waals surface area contributed by atoms with E-state index in [4.69, 9.17) is 16.3 Å². The van der Waals surface area contributed by atoms with Crippen molar-refractivity contribution in [3.63, 3.8) is 0 Å². The van der Waals surface area contributed by atoms with Crippen molar-refractivity contribution in [1.29, 1.82) is 0 Å². The summed E-state index contributed by atoms with van der Waals surface area (Å²) in [5, 5.41) is 0. The van der Waals surface area contributed by atoms with Crippen LogP contribution in [0.1, 0.15) is 10.4 Å². The fraction of sp³-hybridized carbons (Fsp3) is 0.222. The summed E-state index contributed by atoms with van der Waals surface area (Å²) < 4.78 is 5.27. The molecule has 0 aliphatic heterocycles. The highest BCUT2D eigenvalue weighted by Gasteiger charge is 2.09. The SMILES string of the molecule is NCCOc1ccccc1C(=O)NN. The smallest absolute Gasteiger partial charge is 0.268 e. The van der Waals surface area contributed by atoms with Crippen LogP contribution >= 0.6 is 0 Å². The van der Waals surface area contributed by atoms with Crippen LogP contribution in [0.15, 0.2) is 24.3 Å². The Kier molecular flexibility index (Phi) is 3.90. The van der Waals surface area contributed by atoms with Gasteiger partial charge in [-0.3, -0.25) is 10.2 Å². The minimum Gasteiger partial charge on any atom is -0.491 e. The summed E-state index contributed by atoms with van der Waals surface area (Å²) >= 11 is 0. The topological polar surface area (TPSA) is 90.4 Å². The summed E-state index contributed by atoms with van der Waals surface area (Å²) in [7, 11) is 0. The molecule has 5 N–H and O–H groups in total. The molecule has 0 radical (unpaired) electrons. The van der Waals surface area contributed by atoms with E-state index in [9.17, 15) is 4.79 Å². The van der Waals surface area contributed by atoms with Gasteiger partial charge in [0, 0.05) is 6.54 Å². The Balaban J connectivity index is 2.85. The molecule has 0 saturated heterocycles. The first-order valence-corrected chi connectivity index (χ1v) is 4.22. The van der Waals surface area contributed by atoms with E-state index in [2.05, 4.69) is 0 Å². The van der Waals surface area contributed by atoms with Gasteiger partial charge in [-0.15, -0.1) is 0 Å². The molecule has 0 fully saturated rings. The Morgan fingerprint density at radius 3 is 2.79 bits per heavy atom. The fourth-order valence-corrected chi connectivity index (χ4v) is 1.03. The molecular weight excluding hydrogens is 182 g/mol. The van der Waals surface area contributed by atoms with Gasteiger partial charge in [-0.2, -0.15) is 0 Å². The van der Waals surface area contributed by atoms with Crippen LogP contribution < -0.4 is 21.7 Å². The van der Waals surface area contributed by atoms with E-state index in [-0.39, 0.29) is 5.91 Å². The average molecular weight is 195 g/mol. The summed E-state index contributed by atoms with van der Waals surface area (Å²) in [5.74, 6) is 5.13. The maximum absolute atomic E-state index is 11.3. The number of carbonyl (C=O) groups is 1. The van der Waals surface area contributed by atoms with Gasteiger partial charge >= 0.3 is 0 Å². The molecule has 0 aliphatic rings. The lowest BCUT2D eigenvalue weighted by Crippen LogP contribution is -2.30. The van der Waals surface area contributed by atoms with E-state index in [0.717, 1.165) is 0 Å². The van der Waals surface area contributed by atoms with Crippen molar-refractivity contribution in [2.24, 2.45) is 11.6 Å². The van der Waals surface area contributed by atoms with E-state index in [1.165, 1.54) is 0 Å². The van der Waals surface area contributed by atoms with Crippen LogP contribution in [0.5, 0.6) is 5.75 Å². The Morgan fingerprint density at radius 1 is 1.43 bits per heavy atom. The van der Waals surface area contributed by atoms with Crippen LogP contribution in [0.4, 0.5) is 0 Å². The van der Waals surface area contributed by atoms with Crippen LogP contribution in [0.25, 0.3) is 0 Å². The number of amides is 1. The Morgan fingerprint density at radius 2 is 2.14 bits per heavy atom. The van der Waals surface area contributed by atoms with Gasteiger partial charge in [-0.05, 0) is 12.1 Å². The van der Waals surface area contributed by atoms with Gasteiger partial charge in [-0.25, -0.2) is 5.84 Å². The molecule has 5 nitrogen and oxygen atoms in total. The average Bonchev–Trinajstić information content (AvgIpc) is 2.25. The molecule has 0 saturated carbocycles. The van der Waals surface area contributed by atoms with E-state index >= 15 is 0 Å². The quantitative estimate of drug-likeness (QED) is 0.347. The number of nitrogen functional groups attached to an aromatic ring is 1. The molecule has 0 aliphatic carbocycles. The standard InChI is InChI=1S/C9H13N3O2/c10-5-6-14-8-4-2-1-3-7(8)9(13)12-11/h1-4H,5-6,10-11H2,(H,12,13). The summed E-state index contributed by atoms with van der Waals surface area (Å²) in [4.78, 5) is 11.3. The van der Waals surface area contributed by atoms with E-state index < -0.39 is 0 Å². The lowest BCUT2D eigenvalue weighted by molar-refractivity contribution is 0.0949. The molecule has 0 bridgehead atoms. The number of rotatable bonds is 4. The highest BCUT2D eigenvalue weighted by molar-refractivity contribution is 5.96. The summed E-state index contributed by atoms with van der Waals surface area (Å²) in [6, 6.07) is 6.84. The summed E-state index contributed by atoms with van der Waals surface area (Å²) in [5.41, 5.74) is 7.74. The number of nitrogens with one attached hydrogen (secondary N) is 1. The Labute approximate surface area is 82.0 Å². The predicted octanol–water partition coefficient (Wildman–Crippen LogP) is -0.372. The summed E-state index contributed by atoms with van der Waals surface area (Å²) in [6.45, 7) is 0.771. The van der Waals surface area contributed by atoms with Gasteiger partial charge in [0.05, 0.1) is 5.56 Å². The number of hydrogen-bond donors (Lipinski definition) is 3. The van der Waals surface area contributed by atoms with E-state index in [1.54, 1.807) is 24.3 Å². The maximum atomic E-state index is 11.3. The first kappa shape index (κ1) is 10.5. The molecule has 0 heterocycles. The van der Waals surface area contributed by atoms with Crippen LogP contribution in [0.2, 0.25) is 0 Å². The molecule has 0 atom stereocenters. The first-order chi connectivity index (χ1) is 6.79. The van der Waals surface area contributed by atoms with Crippen LogP contribution in [0.3, 0.4) is 0 Å². The summed E-state index contributed by atoms with van der Waals surface area (Å²) in [6.07, 6.45) is 0. The molecule has 0 unspecified atom stereocenters. The zero-order valence-electron chi connectivity index (χ0n) is 7.69. The lowest BCUT2D eigenvalue weighted by atomic mass is 10.2. The van der Waals surface area contributed by atoms with Crippen molar-refractivity contribution < 1.29 is 9.53 Å². The molecule has 14 heavy (non-hydrogen) atoms. The van der Waals surface area contributed by atoms with Gasteiger partial charge in [0.25, 0.3) is 5.91 Å². The molecular formula is C9H13N3O2. The van der Waals surface area contributed by atoms with Crippen molar-refractivity contribution in [2.45, 2.75) is 0 Å². The van der Waals surface area contributed by atoms with Gasteiger partial charge < -0.3 is 10.5 Å². The highest BCUT2D eigenvalue weighted by atomic mass is 16.5. The molecule has 0 aromatic heterocycles. The number of hydrogen-bond acceptors (Lipinski definition) is 4. The minimum absolute atomic E-state index is 0.370. The Bertz CT molecular complexity index is 315. The number of carbonyl (C=O) groups excluding carboxylic acids is 1. The number of nitrogens with two attached hydrogens (primary N) is 2.